The Morgan fingerprint density at radius 1 is 0.850 bits per heavy atom. The minimum absolute atomic E-state index is 0.288. The van der Waals surface area contributed by atoms with Crippen molar-refractivity contribution in [2.24, 2.45) is 0 Å². The lowest BCUT2D eigenvalue weighted by Gasteiger charge is -2.33. The van der Waals surface area contributed by atoms with Gasteiger partial charge in [0.1, 0.15) is 22.8 Å². The summed E-state index contributed by atoms with van der Waals surface area (Å²) in [6.45, 7) is 8.13. The number of rotatable bonds is 4. The lowest BCUT2D eigenvalue weighted by atomic mass is 10.0. The molecule has 0 radical (unpaired) electrons. The highest BCUT2D eigenvalue weighted by atomic mass is 19.1. The van der Waals surface area contributed by atoms with Crippen LogP contribution in [0.4, 0.5) is 10.2 Å². The molecule has 2 saturated heterocycles. The number of piperazine rings is 1. The molecule has 40 heavy (non-hydrogen) atoms. The van der Waals surface area contributed by atoms with Gasteiger partial charge in [-0.25, -0.2) is 19.3 Å². The second-order valence-electron chi connectivity index (χ2n) is 11.4. The zero-order valence-electron chi connectivity index (χ0n) is 23.4. The van der Waals surface area contributed by atoms with Crippen molar-refractivity contribution in [2.75, 3.05) is 58.3 Å². The number of aromatic amines is 1. The van der Waals surface area contributed by atoms with E-state index in [1.165, 1.54) is 0 Å². The van der Waals surface area contributed by atoms with Gasteiger partial charge in [0.2, 0.25) is 0 Å². The zero-order chi connectivity index (χ0) is 27.4. The van der Waals surface area contributed by atoms with Crippen molar-refractivity contribution in [3.8, 4) is 22.3 Å². The number of hydrogen-bond acceptors (Lipinski definition) is 6. The average molecular weight is 539 g/mol. The molecule has 9 heteroatoms. The molecule has 2 aliphatic heterocycles. The zero-order valence-corrected chi connectivity index (χ0v) is 23.4. The highest BCUT2D eigenvalue weighted by Gasteiger charge is 2.24. The van der Waals surface area contributed by atoms with Gasteiger partial charge >= 0.3 is 0 Å². The van der Waals surface area contributed by atoms with E-state index in [1.807, 2.05) is 25.5 Å². The van der Waals surface area contributed by atoms with E-state index in [4.69, 9.17) is 9.97 Å². The first kappa shape index (κ1) is 25.2. The number of nitrogens with one attached hydrogen (secondary N) is 1. The number of likely N-dealkylation sites (N-methyl/N-ethyl adjacent to an activating group) is 1. The number of likely N-dealkylation sites (tertiary alicyclic amines) is 1. The molecule has 0 spiro atoms. The summed E-state index contributed by atoms with van der Waals surface area (Å²) in [6, 6.07) is 10.4. The summed E-state index contributed by atoms with van der Waals surface area (Å²) < 4.78 is 17.7. The van der Waals surface area contributed by atoms with E-state index >= 15 is 4.39 Å². The fourth-order valence-electron chi connectivity index (χ4n) is 6.32. The molecule has 6 heterocycles. The second kappa shape index (κ2) is 9.98. The van der Waals surface area contributed by atoms with Gasteiger partial charge in [0.05, 0.1) is 5.52 Å². The van der Waals surface area contributed by atoms with Crippen molar-refractivity contribution in [2.45, 2.75) is 25.8 Å². The van der Waals surface area contributed by atoms with Crippen molar-refractivity contribution < 1.29 is 4.39 Å². The molecule has 0 unspecified atom stereocenters. The number of benzene rings is 1. The van der Waals surface area contributed by atoms with Gasteiger partial charge in [0, 0.05) is 72.9 Å². The lowest BCUT2D eigenvalue weighted by molar-refractivity contribution is 0.222. The van der Waals surface area contributed by atoms with Gasteiger partial charge in [0.15, 0.2) is 5.82 Å². The molecule has 0 atom stereocenters. The molecule has 7 rings (SSSR count). The minimum Gasteiger partial charge on any atom is -0.354 e. The Bertz CT molecular complexity index is 1670. The molecule has 0 aliphatic carbocycles. The van der Waals surface area contributed by atoms with E-state index in [0.29, 0.717) is 11.6 Å². The fraction of sp³-hybridized carbons (Fsp3) is 0.387. The number of aromatic nitrogens is 5. The van der Waals surface area contributed by atoms with Crippen LogP contribution in [0.25, 0.3) is 44.3 Å². The van der Waals surface area contributed by atoms with Crippen molar-refractivity contribution in [3.05, 3.63) is 60.6 Å². The number of fused-ring (bicyclic) bond motifs is 2. The van der Waals surface area contributed by atoms with Crippen LogP contribution >= 0.6 is 0 Å². The molecule has 2 fully saturated rings. The summed E-state index contributed by atoms with van der Waals surface area (Å²) in [4.78, 5) is 24.4. The topological polar surface area (TPSA) is 69.1 Å². The van der Waals surface area contributed by atoms with Crippen molar-refractivity contribution >= 4 is 27.9 Å². The number of aryl methyl sites for hydroxylation is 1. The molecule has 1 aromatic carbocycles. The Balaban J connectivity index is 1.24. The standard InChI is InChI=1S/C31H35FN8/c1-20-36-30-27(32)15-22(16-28(30)40(20)24-6-8-37(2)9-7-24)26-19-35-31-25(26)14-23(18-34-31)21-4-5-29(33-17-21)39-12-10-38(3)11-13-39/h4-5,14-19,24H,6-13H2,1-3H3,(H,34,35). The molecule has 4 aromatic heterocycles. The van der Waals surface area contributed by atoms with Crippen LogP contribution in [0.15, 0.2) is 48.9 Å². The van der Waals surface area contributed by atoms with Gasteiger partial charge in [-0.05, 0) is 82.8 Å². The number of pyridine rings is 2. The summed E-state index contributed by atoms with van der Waals surface area (Å²) in [5.74, 6) is 1.59. The monoisotopic (exact) mass is 538 g/mol. The first-order valence-corrected chi connectivity index (χ1v) is 14.2. The van der Waals surface area contributed by atoms with Crippen LogP contribution in [0.2, 0.25) is 0 Å². The fourth-order valence-corrected chi connectivity index (χ4v) is 6.32. The number of imidazole rings is 1. The molecule has 2 aliphatic rings. The first-order chi connectivity index (χ1) is 19.4. The van der Waals surface area contributed by atoms with Crippen LogP contribution in [0.1, 0.15) is 24.7 Å². The van der Waals surface area contributed by atoms with Crippen LogP contribution in [0.3, 0.4) is 0 Å². The van der Waals surface area contributed by atoms with Crippen molar-refractivity contribution in [3.63, 3.8) is 0 Å². The van der Waals surface area contributed by atoms with Gasteiger partial charge in [-0.1, -0.05) is 0 Å². The average Bonchev–Trinajstić information content (AvgIpc) is 3.54. The molecule has 1 N–H and O–H groups in total. The Labute approximate surface area is 233 Å². The van der Waals surface area contributed by atoms with Gasteiger partial charge in [-0.3, -0.25) is 0 Å². The minimum atomic E-state index is -0.288. The van der Waals surface area contributed by atoms with Gasteiger partial charge < -0.3 is 24.3 Å². The van der Waals surface area contributed by atoms with Crippen LogP contribution in [-0.2, 0) is 0 Å². The summed E-state index contributed by atoms with van der Waals surface area (Å²) >= 11 is 0. The predicted octanol–water partition coefficient (Wildman–Crippen LogP) is 5.11. The van der Waals surface area contributed by atoms with E-state index in [-0.39, 0.29) is 5.82 Å². The summed E-state index contributed by atoms with van der Waals surface area (Å²) in [5, 5.41) is 0.960. The van der Waals surface area contributed by atoms with Gasteiger partial charge in [0.25, 0.3) is 0 Å². The number of nitrogens with zero attached hydrogens (tertiary/aromatic N) is 7. The molecular weight excluding hydrogens is 503 g/mol. The quantitative estimate of drug-likeness (QED) is 0.343. The van der Waals surface area contributed by atoms with Gasteiger partial charge in [-0.2, -0.15) is 0 Å². The van der Waals surface area contributed by atoms with E-state index in [1.54, 1.807) is 6.07 Å². The molecule has 0 bridgehead atoms. The van der Waals surface area contributed by atoms with Crippen LogP contribution < -0.4 is 4.90 Å². The molecular formula is C31H35FN8. The summed E-state index contributed by atoms with van der Waals surface area (Å²) in [7, 11) is 4.31. The number of hydrogen-bond donors (Lipinski definition) is 1. The van der Waals surface area contributed by atoms with E-state index in [2.05, 4.69) is 67.6 Å². The third-order valence-electron chi connectivity index (χ3n) is 8.73. The van der Waals surface area contributed by atoms with Crippen molar-refractivity contribution in [1.29, 1.82) is 0 Å². The first-order valence-electron chi connectivity index (χ1n) is 14.2. The number of H-pyrrole nitrogens is 1. The molecule has 0 saturated carbocycles. The summed E-state index contributed by atoms with van der Waals surface area (Å²) in [6.07, 6.45) is 7.81. The second-order valence-corrected chi connectivity index (χ2v) is 11.4. The number of piperidine rings is 1. The number of halogens is 1. The summed E-state index contributed by atoms with van der Waals surface area (Å²) in [5.41, 5.74) is 5.85. The van der Waals surface area contributed by atoms with Gasteiger partial charge in [-0.15, -0.1) is 0 Å². The molecule has 5 aromatic rings. The third kappa shape index (κ3) is 4.43. The van der Waals surface area contributed by atoms with E-state index in [9.17, 15) is 0 Å². The third-order valence-corrected chi connectivity index (χ3v) is 8.73. The largest absolute Gasteiger partial charge is 0.354 e. The van der Waals surface area contributed by atoms with Crippen LogP contribution in [-0.4, -0.2) is 87.7 Å². The predicted molar refractivity (Wildman–Crippen MR) is 158 cm³/mol. The lowest BCUT2D eigenvalue weighted by Crippen LogP contribution is -2.44. The SMILES string of the molecule is Cc1nc2c(F)cc(-c3c[nH]c4ncc(-c5ccc(N6CCN(C)CC6)nc5)cc34)cc2n1C1CCN(C)CC1. The Morgan fingerprint density at radius 3 is 2.35 bits per heavy atom. The Hall–Kier alpha value is -3.82. The highest BCUT2D eigenvalue weighted by Crippen LogP contribution is 2.36. The Morgan fingerprint density at radius 2 is 1.60 bits per heavy atom. The molecule has 8 nitrogen and oxygen atoms in total. The maximum absolute atomic E-state index is 15.5. The smallest absolute Gasteiger partial charge is 0.151 e. The Kier molecular flexibility index (Phi) is 6.28. The maximum Gasteiger partial charge on any atom is 0.151 e. The van der Waals surface area contributed by atoms with Crippen molar-refractivity contribution in [1.82, 2.24) is 34.3 Å². The highest BCUT2D eigenvalue weighted by molar-refractivity contribution is 5.97. The maximum atomic E-state index is 15.5. The van der Waals surface area contributed by atoms with E-state index < -0.39 is 0 Å². The molecule has 206 valence electrons. The van der Waals surface area contributed by atoms with Crippen LogP contribution in [0, 0.1) is 12.7 Å². The normalized spacial score (nSPS) is 17.9. The molecule has 0 amide bonds. The number of anilines is 1. The van der Waals surface area contributed by atoms with E-state index in [0.717, 1.165) is 103 Å². The van der Waals surface area contributed by atoms with Crippen LogP contribution in [0.5, 0.6) is 0 Å².